The van der Waals surface area contributed by atoms with Crippen molar-refractivity contribution in [3.05, 3.63) is 12.3 Å². The van der Waals surface area contributed by atoms with Crippen LogP contribution in [0.4, 0.5) is 0 Å². The highest BCUT2D eigenvalue weighted by Crippen LogP contribution is 2.42. The first-order valence-electron chi connectivity index (χ1n) is 6.77. The zero-order valence-corrected chi connectivity index (χ0v) is 12.2. The molecule has 1 heterocycles. The van der Waals surface area contributed by atoms with E-state index >= 15 is 0 Å². The van der Waals surface area contributed by atoms with Crippen molar-refractivity contribution in [2.24, 2.45) is 11.3 Å². The second kappa shape index (κ2) is 5.29. The summed E-state index contributed by atoms with van der Waals surface area (Å²) in [7, 11) is 0.468. The summed E-state index contributed by atoms with van der Waals surface area (Å²) in [5, 5.41) is 0. The molecule has 1 aliphatic rings. The fraction of sp³-hybridized carbons (Fsp3) is 0.714. The smallest absolute Gasteiger partial charge is 0.228 e. The van der Waals surface area contributed by atoms with Crippen LogP contribution in [0.15, 0.2) is 12.3 Å². The van der Waals surface area contributed by atoms with Gasteiger partial charge in [0.2, 0.25) is 13.2 Å². The Balaban J connectivity index is 3.00. The summed E-state index contributed by atoms with van der Waals surface area (Å²) in [5.74, 6) is 0.192. The summed E-state index contributed by atoms with van der Waals surface area (Å²) in [6.07, 6.45) is 1.14. The molecule has 0 N–H and O–H groups in total. The Morgan fingerprint density at radius 2 is 2.11 bits per heavy atom. The van der Waals surface area contributed by atoms with Gasteiger partial charge in [0.15, 0.2) is 0 Å². The van der Waals surface area contributed by atoms with Gasteiger partial charge in [-0.1, -0.05) is 41.1 Å². The standard InChI is InChI=1S/C14H24BNO2/c1-7-11(13(18)15-6)16-9(2)10(8-12(16)17)14(3,4)5/h10-11,15H,2,7-8H2,1,3-6H3. The van der Waals surface area contributed by atoms with Crippen LogP contribution in [0, 0.1) is 11.3 Å². The maximum atomic E-state index is 12.2. The number of carbonyl (C=O) groups is 2. The molecule has 100 valence electrons. The van der Waals surface area contributed by atoms with Crippen LogP contribution in [0.3, 0.4) is 0 Å². The van der Waals surface area contributed by atoms with Crippen LogP contribution in [0.5, 0.6) is 0 Å². The van der Waals surface area contributed by atoms with E-state index in [9.17, 15) is 9.59 Å². The van der Waals surface area contributed by atoms with Crippen LogP contribution in [0.1, 0.15) is 40.5 Å². The highest BCUT2D eigenvalue weighted by molar-refractivity contribution is 6.73. The molecule has 1 rings (SSSR count). The molecule has 18 heavy (non-hydrogen) atoms. The number of rotatable bonds is 4. The van der Waals surface area contributed by atoms with Gasteiger partial charge in [-0.3, -0.25) is 4.79 Å². The van der Waals surface area contributed by atoms with E-state index in [1.165, 1.54) is 0 Å². The van der Waals surface area contributed by atoms with E-state index in [0.29, 0.717) is 20.1 Å². The summed E-state index contributed by atoms with van der Waals surface area (Å²) in [6, 6.07) is -0.317. The molecule has 2 atom stereocenters. The average molecular weight is 249 g/mol. The molecule has 1 saturated heterocycles. The van der Waals surface area contributed by atoms with Gasteiger partial charge >= 0.3 is 0 Å². The minimum absolute atomic E-state index is 0.00898. The normalized spacial score (nSPS) is 22.3. The average Bonchev–Trinajstić information content (AvgIpc) is 2.57. The zero-order chi connectivity index (χ0) is 14.1. The fourth-order valence-corrected chi connectivity index (χ4v) is 2.69. The van der Waals surface area contributed by atoms with E-state index in [0.717, 1.165) is 5.70 Å². The molecule has 3 nitrogen and oxygen atoms in total. The van der Waals surface area contributed by atoms with Crippen molar-refractivity contribution < 1.29 is 9.59 Å². The highest BCUT2D eigenvalue weighted by atomic mass is 16.2. The van der Waals surface area contributed by atoms with Crippen molar-refractivity contribution >= 4 is 18.9 Å². The second-order valence-electron chi connectivity index (χ2n) is 6.12. The molecule has 1 fully saturated rings. The maximum absolute atomic E-state index is 12.2. The topological polar surface area (TPSA) is 37.4 Å². The van der Waals surface area contributed by atoms with Gasteiger partial charge in [-0.2, -0.15) is 0 Å². The van der Waals surface area contributed by atoms with Crippen LogP contribution >= 0.6 is 0 Å². The molecule has 0 aromatic heterocycles. The fourth-order valence-electron chi connectivity index (χ4n) is 2.69. The largest absolute Gasteiger partial charge is 0.309 e. The molecule has 0 aromatic carbocycles. The Morgan fingerprint density at radius 1 is 1.56 bits per heavy atom. The Hall–Kier alpha value is -1.06. The molecule has 4 heteroatoms. The van der Waals surface area contributed by atoms with Gasteiger partial charge in [-0.25, -0.2) is 0 Å². The molecular formula is C14H24BNO2. The molecule has 1 amide bonds. The van der Waals surface area contributed by atoms with E-state index in [-0.39, 0.29) is 29.0 Å². The van der Waals surface area contributed by atoms with Crippen molar-refractivity contribution in [3.8, 4) is 0 Å². The lowest BCUT2D eigenvalue weighted by molar-refractivity contribution is -0.132. The molecule has 0 bridgehead atoms. The van der Waals surface area contributed by atoms with Gasteiger partial charge in [0.1, 0.15) is 5.68 Å². The van der Waals surface area contributed by atoms with E-state index < -0.39 is 0 Å². The van der Waals surface area contributed by atoms with Gasteiger partial charge in [0.05, 0.1) is 6.04 Å². The molecular weight excluding hydrogens is 225 g/mol. The first kappa shape index (κ1) is 15.0. The van der Waals surface area contributed by atoms with Crippen molar-refractivity contribution in [2.75, 3.05) is 0 Å². The summed E-state index contributed by atoms with van der Waals surface area (Å²) in [4.78, 5) is 25.8. The molecule has 2 unspecified atom stereocenters. The summed E-state index contributed by atoms with van der Waals surface area (Å²) in [6.45, 7) is 14.2. The van der Waals surface area contributed by atoms with Gasteiger partial charge in [-0.05, 0) is 11.8 Å². The van der Waals surface area contributed by atoms with Crippen LogP contribution in [0.25, 0.3) is 0 Å². The Morgan fingerprint density at radius 3 is 2.44 bits per heavy atom. The summed E-state index contributed by atoms with van der Waals surface area (Å²) < 4.78 is 0. The van der Waals surface area contributed by atoms with Gasteiger partial charge in [0.25, 0.3) is 0 Å². The van der Waals surface area contributed by atoms with E-state index in [1.54, 1.807) is 4.90 Å². The van der Waals surface area contributed by atoms with Crippen molar-refractivity contribution in [1.29, 1.82) is 0 Å². The Kier molecular flexibility index (Phi) is 4.41. The SMILES string of the molecule is C=C1C(C(C)(C)C)CC(=O)N1C(CC)C(=O)BC. The van der Waals surface area contributed by atoms with E-state index in [2.05, 4.69) is 27.4 Å². The molecule has 0 saturated carbocycles. The summed E-state index contributed by atoms with van der Waals surface area (Å²) >= 11 is 0. The first-order chi connectivity index (χ1) is 8.23. The van der Waals surface area contributed by atoms with Crippen LogP contribution in [-0.4, -0.2) is 29.8 Å². The predicted molar refractivity (Wildman–Crippen MR) is 75.6 cm³/mol. The minimum atomic E-state index is -0.317. The third kappa shape index (κ3) is 2.68. The quantitative estimate of drug-likeness (QED) is 0.716. The van der Waals surface area contributed by atoms with Crippen LogP contribution in [-0.2, 0) is 9.59 Å². The summed E-state index contributed by atoms with van der Waals surface area (Å²) in [5.41, 5.74) is 0.956. The Bertz CT molecular complexity index is 370. The van der Waals surface area contributed by atoms with Crippen LogP contribution in [0.2, 0.25) is 6.82 Å². The number of hydrogen-bond acceptors (Lipinski definition) is 2. The van der Waals surface area contributed by atoms with Crippen LogP contribution < -0.4 is 0 Å². The predicted octanol–water partition coefficient (Wildman–Crippen LogP) is 2.18. The number of likely N-dealkylation sites (tertiary alicyclic amines) is 1. The number of allylic oxidation sites excluding steroid dienone is 1. The van der Waals surface area contributed by atoms with Crippen molar-refractivity contribution in [2.45, 2.75) is 53.4 Å². The van der Waals surface area contributed by atoms with Crippen molar-refractivity contribution in [3.63, 3.8) is 0 Å². The van der Waals surface area contributed by atoms with Gasteiger partial charge in [0, 0.05) is 18.0 Å². The van der Waals surface area contributed by atoms with E-state index in [4.69, 9.17) is 0 Å². The molecule has 0 spiro atoms. The number of carbonyl (C=O) groups excluding carboxylic acids is 2. The molecule has 1 aliphatic heterocycles. The lowest BCUT2D eigenvalue weighted by atomic mass is 9.72. The lowest BCUT2D eigenvalue weighted by Gasteiger charge is -2.31. The number of amides is 1. The maximum Gasteiger partial charge on any atom is 0.228 e. The molecule has 0 aliphatic carbocycles. The first-order valence-corrected chi connectivity index (χ1v) is 6.77. The van der Waals surface area contributed by atoms with Crippen molar-refractivity contribution in [1.82, 2.24) is 4.90 Å². The number of nitrogens with zero attached hydrogens (tertiary/aromatic N) is 1. The minimum Gasteiger partial charge on any atom is -0.309 e. The van der Waals surface area contributed by atoms with Gasteiger partial charge < -0.3 is 9.69 Å². The van der Waals surface area contributed by atoms with E-state index in [1.807, 2.05) is 13.7 Å². The number of hydrogen-bond donors (Lipinski definition) is 0. The Labute approximate surface area is 111 Å². The molecule has 0 aromatic rings. The molecule has 0 radical (unpaired) electrons. The monoisotopic (exact) mass is 249 g/mol. The lowest BCUT2D eigenvalue weighted by Crippen LogP contribution is -2.42. The third-order valence-electron chi connectivity index (χ3n) is 3.82. The van der Waals surface area contributed by atoms with Gasteiger partial charge in [-0.15, -0.1) is 0 Å². The highest BCUT2D eigenvalue weighted by Gasteiger charge is 2.43. The second-order valence-corrected chi connectivity index (χ2v) is 6.12. The third-order valence-corrected chi connectivity index (χ3v) is 3.82. The zero-order valence-electron chi connectivity index (χ0n) is 12.2.